The van der Waals surface area contributed by atoms with Crippen LogP contribution in [0.2, 0.25) is 0 Å². The van der Waals surface area contributed by atoms with E-state index in [0.717, 1.165) is 24.2 Å². The van der Waals surface area contributed by atoms with Crippen LogP contribution in [0.25, 0.3) is 10.8 Å². The van der Waals surface area contributed by atoms with E-state index in [4.69, 9.17) is 0 Å². The number of piperazine rings is 1. The average Bonchev–Trinajstić information content (AvgIpc) is 2.72. The van der Waals surface area contributed by atoms with E-state index in [0.29, 0.717) is 24.2 Å². The largest absolute Gasteiger partial charge is 0.368 e. The number of hydrogen-bond donors (Lipinski definition) is 0. The average molecular weight is 364 g/mol. The van der Waals surface area contributed by atoms with E-state index in [9.17, 15) is 9.59 Å². The van der Waals surface area contributed by atoms with Crippen LogP contribution in [0.15, 0.2) is 53.6 Å². The molecule has 1 saturated heterocycles. The van der Waals surface area contributed by atoms with Gasteiger partial charge in [-0.1, -0.05) is 18.2 Å². The molecule has 0 unspecified atom stereocenters. The second-order valence-corrected chi connectivity index (χ2v) is 6.72. The lowest BCUT2D eigenvalue weighted by atomic mass is 10.1. The summed E-state index contributed by atoms with van der Waals surface area (Å²) >= 11 is 0. The molecule has 27 heavy (non-hydrogen) atoms. The van der Waals surface area contributed by atoms with Crippen LogP contribution in [-0.2, 0) is 18.3 Å². The van der Waals surface area contributed by atoms with Crippen LogP contribution in [0.5, 0.6) is 0 Å². The van der Waals surface area contributed by atoms with Gasteiger partial charge in [-0.2, -0.15) is 5.10 Å². The Balaban J connectivity index is 1.49. The predicted molar refractivity (Wildman–Crippen MR) is 102 cm³/mol. The molecular formula is C20H22N5O2+. The first-order valence-corrected chi connectivity index (χ1v) is 9.07. The van der Waals surface area contributed by atoms with Gasteiger partial charge in [-0.05, 0) is 6.07 Å². The van der Waals surface area contributed by atoms with Crippen LogP contribution in [0, 0.1) is 0 Å². The summed E-state index contributed by atoms with van der Waals surface area (Å²) in [6, 6.07) is 11.4. The maximum Gasteiger partial charge on any atom is 0.274 e. The lowest BCUT2D eigenvalue weighted by Gasteiger charge is -2.35. The fourth-order valence-corrected chi connectivity index (χ4v) is 3.56. The standard InChI is InChI=1S/C20H21N5O2/c1-23-20(27)17-5-3-2-4-16(17)18(22-23)14-19(26)25-12-10-24(11-13-25)15-6-8-21-9-7-15/h2-9H,10-14H2,1H3/p+1. The minimum absolute atomic E-state index is 0.0485. The van der Waals surface area contributed by atoms with Crippen molar-refractivity contribution in [2.75, 3.05) is 31.1 Å². The number of carbonyl (C=O) groups excluding carboxylic acids is 1. The summed E-state index contributed by atoms with van der Waals surface area (Å²) in [5, 5.41) is 5.70. The first-order valence-electron chi connectivity index (χ1n) is 9.07. The van der Waals surface area contributed by atoms with Crippen LogP contribution < -0.4 is 15.4 Å². The highest BCUT2D eigenvalue weighted by molar-refractivity contribution is 5.88. The number of amides is 1. The smallest absolute Gasteiger partial charge is 0.274 e. The zero-order chi connectivity index (χ0) is 18.8. The SMILES string of the molecule is Cn1nc(CC(=O)N2CCN(c3cc[nH+]cc3)CC2)c2ccccc2c1=O. The van der Waals surface area contributed by atoms with E-state index < -0.39 is 0 Å². The van der Waals surface area contributed by atoms with Crippen LogP contribution in [0.3, 0.4) is 0 Å². The van der Waals surface area contributed by atoms with Crippen molar-refractivity contribution >= 4 is 22.4 Å². The summed E-state index contributed by atoms with van der Waals surface area (Å²) in [6.07, 6.45) is 4.02. The number of anilines is 1. The van der Waals surface area contributed by atoms with Gasteiger partial charge in [0.1, 0.15) is 0 Å². The quantitative estimate of drug-likeness (QED) is 0.684. The Morgan fingerprint density at radius 1 is 1.04 bits per heavy atom. The molecule has 1 aromatic carbocycles. The van der Waals surface area contributed by atoms with Gasteiger partial charge < -0.3 is 9.80 Å². The molecule has 4 rings (SSSR count). The summed E-state index contributed by atoms with van der Waals surface area (Å²) < 4.78 is 1.31. The van der Waals surface area contributed by atoms with Crippen molar-refractivity contribution in [3.05, 3.63) is 64.8 Å². The molecule has 2 aromatic heterocycles. The number of fused-ring (bicyclic) bond motifs is 1. The van der Waals surface area contributed by atoms with Crippen molar-refractivity contribution in [1.82, 2.24) is 14.7 Å². The molecule has 0 radical (unpaired) electrons. The molecule has 0 saturated carbocycles. The number of carbonyl (C=O) groups is 1. The van der Waals surface area contributed by atoms with Gasteiger partial charge in [0.05, 0.1) is 17.5 Å². The fraction of sp³-hybridized carbons (Fsp3) is 0.300. The minimum Gasteiger partial charge on any atom is -0.368 e. The number of nitrogens with zero attached hydrogens (tertiary/aromatic N) is 4. The van der Waals surface area contributed by atoms with Crippen LogP contribution >= 0.6 is 0 Å². The van der Waals surface area contributed by atoms with Gasteiger partial charge in [0.2, 0.25) is 5.91 Å². The van der Waals surface area contributed by atoms with Crippen molar-refractivity contribution in [3.63, 3.8) is 0 Å². The molecule has 7 nitrogen and oxygen atoms in total. The number of hydrogen-bond acceptors (Lipinski definition) is 4. The highest BCUT2D eigenvalue weighted by atomic mass is 16.2. The highest BCUT2D eigenvalue weighted by Crippen LogP contribution is 2.17. The summed E-state index contributed by atoms with van der Waals surface area (Å²) in [6.45, 7) is 2.97. The maximum absolute atomic E-state index is 12.8. The topological polar surface area (TPSA) is 72.6 Å². The summed E-state index contributed by atoms with van der Waals surface area (Å²) in [4.78, 5) is 32.2. The number of aromatic amines is 1. The van der Waals surface area contributed by atoms with E-state index in [2.05, 4.69) is 15.0 Å². The van der Waals surface area contributed by atoms with Crippen molar-refractivity contribution in [1.29, 1.82) is 0 Å². The predicted octanol–water partition coefficient (Wildman–Crippen LogP) is 0.639. The Labute approximate surface area is 156 Å². The van der Waals surface area contributed by atoms with Crippen molar-refractivity contribution in [3.8, 4) is 0 Å². The van der Waals surface area contributed by atoms with Crippen LogP contribution in [0.1, 0.15) is 5.69 Å². The van der Waals surface area contributed by atoms with Gasteiger partial charge in [0.25, 0.3) is 5.56 Å². The number of H-pyrrole nitrogens is 1. The van der Waals surface area contributed by atoms with E-state index in [-0.39, 0.29) is 17.9 Å². The second kappa shape index (κ2) is 7.19. The zero-order valence-corrected chi connectivity index (χ0v) is 15.3. The van der Waals surface area contributed by atoms with Crippen molar-refractivity contribution in [2.24, 2.45) is 7.05 Å². The van der Waals surface area contributed by atoms with E-state index in [1.54, 1.807) is 13.1 Å². The molecule has 0 aliphatic carbocycles. The Hall–Kier alpha value is -3.22. The van der Waals surface area contributed by atoms with Gasteiger partial charge in [-0.25, -0.2) is 9.67 Å². The second-order valence-electron chi connectivity index (χ2n) is 6.72. The molecule has 3 heterocycles. The maximum atomic E-state index is 12.8. The molecule has 138 valence electrons. The number of benzene rings is 1. The number of aryl methyl sites for hydroxylation is 1. The minimum atomic E-state index is -0.143. The van der Waals surface area contributed by atoms with Gasteiger partial charge in [-0.3, -0.25) is 9.59 Å². The number of pyridine rings is 1. The third kappa shape index (κ3) is 3.40. The lowest BCUT2D eigenvalue weighted by Crippen LogP contribution is -2.49. The number of rotatable bonds is 3. The lowest BCUT2D eigenvalue weighted by molar-refractivity contribution is -0.377. The fourth-order valence-electron chi connectivity index (χ4n) is 3.56. The molecule has 1 amide bonds. The Kier molecular flexibility index (Phi) is 4.58. The van der Waals surface area contributed by atoms with Crippen molar-refractivity contribution < 1.29 is 9.78 Å². The molecule has 0 spiro atoms. The Bertz CT molecular complexity index is 1020. The third-order valence-corrected chi connectivity index (χ3v) is 5.05. The van der Waals surface area contributed by atoms with E-state index >= 15 is 0 Å². The Morgan fingerprint density at radius 2 is 1.70 bits per heavy atom. The third-order valence-electron chi connectivity index (χ3n) is 5.05. The summed E-state index contributed by atoms with van der Waals surface area (Å²) in [5.74, 6) is 0.0485. The van der Waals surface area contributed by atoms with Gasteiger partial charge in [-0.15, -0.1) is 0 Å². The van der Waals surface area contributed by atoms with Crippen molar-refractivity contribution in [2.45, 2.75) is 6.42 Å². The van der Waals surface area contributed by atoms with E-state index in [1.165, 1.54) is 4.68 Å². The van der Waals surface area contributed by atoms with Crippen LogP contribution in [0.4, 0.5) is 5.69 Å². The summed E-state index contributed by atoms with van der Waals surface area (Å²) in [7, 11) is 1.62. The van der Waals surface area contributed by atoms with Crippen LogP contribution in [-0.4, -0.2) is 46.8 Å². The highest BCUT2D eigenvalue weighted by Gasteiger charge is 2.23. The van der Waals surface area contributed by atoms with E-state index in [1.807, 2.05) is 47.6 Å². The number of aromatic nitrogens is 3. The normalized spacial score (nSPS) is 14.6. The molecule has 1 fully saturated rings. The monoisotopic (exact) mass is 364 g/mol. The zero-order valence-electron chi connectivity index (χ0n) is 15.3. The molecule has 0 bridgehead atoms. The molecule has 1 N–H and O–H groups in total. The van der Waals surface area contributed by atoms with Gasteiger partial charge in [0.15, 0.2) is 12.4 Å². The first kappa shape index (κ1) is 17.2. The molecule has 1 aliphatic heterocycles. The summed E-state index contributed by atoms with van der Waals surface area (Å²) in [5.41, 5.74) is 1.67. The first-order chi connectivity index (χ1) is 13.1. The van der Waals surface area contributed by atoms with Gasteiger partial charge in [0, 0.05) is 56.4 Å². The molecule has 7 heteroatoms. The van der Waals surface area contributed by atoms with Gasteiger partial charge >= 0.3 is 0 Å². The molecular weight excluding hydrogens is 342 g/mol. The number of nitrogens with one attached hydrogen (secondary N) is 1. The molecule has 0 atom stereocenters. The molecule has 3 aromatic rings. The molecule has 1 aliphatic rings. The Morgan fingerprint density at radius 3 is 2.41 bits per heavy atom.